The maximum Gasteiger partial charge on any atom is 0.0655 e. The van der Waals surface area contributed by atoms with Crippen LogP contribution in [0.15, 0.2) is 0 Å². The topological polar surface area (TPSA) is 23.8 Å². The molecule has 0 aromatic rings. The average molecular weight is 167 g/mol. The fraction of sp³-hybridized carbons (Fsp3) is 0.909. The highest BCUT2D eigenvalue weighted by atomic mass is 14.3. The summed E-state index contributed by atoms with van der Waals surface area (Å²) in [6.45, 7) is 8.58. The van der Waals surface area contributed by atoms with Gasteiger partial charge in [-0.2, -0.15) is 5.26 Å². The lowest BCUT2D eigenvalue weighted by molar-refractivity contribution is 0.216. The first-order chi connectivity index (χ1) is 5.64. The molecule has 0 saturated heterocycles. The fourth-order valence-electron chi connectivity index (χ4n) is 1.53. The minimum Gasteiger partial charge on any atom is -0.198 e. The lowest BCUT2D eigenvalue weighted by atomic mass is 9.74. The summed E-state index contributed by atoms with van der Waals surface area (Å²) >= 11 is 0. The largest absolute Gasteiger partial charge is 0.198 e. The molecule has 0 atom stereocenters. The van der Waals surface area contributed by atoms with Gasteiger partial charge in [-0.05, 0) is 31.1 Å². The summed E-state index contributed by atoms with van der Waals surface area (Å²) in [5, 5.41) is 8.61. The second-order valence-corrected chi connectivity index (χ2v) is 4.07. The molecule has 0 bridgehead atoms. The van der Waals surface area contributed by atoms with Crippen LogP contribution in [0.3, 0.4) is 0 Å². The van der Waals surface area contributed by atoms with E-state index in [9.17, 15) is 0 Å². The first-order valence-corrected chi connectivity index (χ1v) is 5.04. The molecule has 70 valence electrons. The van der Waals surface area contributed by atoms with E-state index in [4.69, 9.17) is 5.26 Å². The van der Waals surface area contributed by atoms with Gasteiger partial charge in [0.25, 0.3) is 0 Å². The lowest BCUT2D eigenvalue weighted by Crippen LogP contribution is -2.20. The van der Waals surface area contributed by atoms with Crippen LogP contribution >= 0.6 is 0 Å². The maximum atomic E-state index is 8.61. The molecule has 0 amide bonds. The van der Waals surface area contributed by atoms with Crippen LogP contribution in [0.2, 0.25) is 0 Å². The maximum absolute atomic E-state index is 8.61. The van der Waals surface area contributed by atoms with Gasteiger partial charge in [0, 0.05) is 5.92 Å². The summed E-state index contributed by atoms with van der Waals surface area (Å²) < 4.78 is 0. The molecule has 0 unspecified atom stereocenters. The van der Waals surface area contributed by atoms with Gasteiger partial charge in [0.2, 0.25) is 0 Å². The van der Waals surface area contributed by atoms with Gasteiger partial charge < -0.3 is 0 Å². The number of rotatable bonds is 0. The molecular formula is C11H21N. The first-order valence-electron chi connectivity index (χ1n) is 5.04. The van der Waals surface area contributed by atoms with Crippen molar-refractivity contribution in [1.82, 2.24) is 0 Å². The number of hydrogen-bond acceptors (Lipinski definition) is 1. The van der Waals surface area contributed by atoms with Gasteiger partial charge in [-0.1, -0.05) is 27.7 Å². The van der Waals surface area contributed by atoms with E-state index in [1.54, 1.807) is 0 Å². The Morgan fingerprint density at radius 1 is 1.17 bits per heavy atom. The van der Waals surface area contributed by atoms with Crippen molar-refractivity contribution in [1.29, 1.82) is 5.26 Å². The summed E-state index contributed by atoms with van der Waals surface area (Å²) in [4.78, 5) is 0. The minimum absolute atomic E-state index is 0.355. The van der Waals surface area contributed by atoms with E-state index in [0.717, 1.165) is 12.8 Å². The predicted molar refractivity (Wildman–Crippen MR) is 52.7 cm³/mol. The Morgan fingerprint density at radius 2 is 1.58 bits per heavy atom. The molecule has 0 N–H and O–H groups in total. The van der Waals surface area contributed by atoms with Crippen molar-refractivity contribution in [2.45, 2.75) is 53.4 Å². The summed E-state index contributed by atoms with van der Waals surface area (Å²) in [5.41, 5.74) is 0.507. The van der Waals surface area contributed by atoms with Crippen LogP contribution in [-0.4, -0.2) is 0 Å². The van der Waals surface area contributed by atoms with Crippen LogP contribution in [-0.2, 0) is 0 Å². The van der Waals surface area contributed by atoms with Gasteiger partial charge in [-0.25, -0.2) is 0 Å². The van der Waals surface area contributed by atoms with E-state index >= 15 is 0 Å². The van der Waals surface area contributed by atoms with E-state index in [0.29, 0.717) is 11.3 Å². The van der Waals surface area contributed by atoms with Crippen LogP contribution in [0, 0.1) is 22.7 Å². The summed E-state index contributed by atoms with van der Waals surface area (Å²) in [6.07, 6.45) is 4.68. The average Bonchev–Trinajstić information content (AvgIpc) is 2.08. The minimum atomic E-state index is 0.355. The SMILES string of the molecule is CC.CC1(C)CCC(C#N)CC1. The van der Waals surface area contributed by atoms with Crippen molar-refractivity contribution in [2.24, 2.45) is 11.3 Å². The van der Waals surface area contributed by atoms with Crippen molar-refractivity contribution in [3.05, 3.63) is 0 Å². The number of nitriles is 1. The van der Waals surface area contributed by atoms with Crippen LogP contribution in [0.1, 0.15) is 53.4 Å². The summed E-state index contributed by atoms with van der Waals surface area (Å²) in [6, 6.07) is 2.34. The molecule has 1 aliphatic rings. The van der Waals surface area contributed by atoms with Crippen LogP contribution in [0.25, 0.3) is 0 Å². The number of hydrogen-bond donors (Lipinski definition) is 0. The van der Waals surface area contributed by atoms with E-state index in [2.05, 4.69) is 19.9 Å². The van der Waals surface area contributed by atoms with E-state index in [1.165, 1.54) is 12.8 Å². The van der Waals surface area contributed by atoms with Crippen molar-refractivity contribution < 1.29 is 0 Å². The molecule has 1 nitrogen and oxygen atoms in total. The Bertz CT molecular complexity index is 143. The molecule has 1 saturated carbocycles. The quantitative estimate of drug-likeness (QED) is 0.539. The van der Waals surface area contributed by atoms with Crippen LogP contribution in [0.5, 0.6) is 0 Å². The van der Waals surface area contributed by atoms with Crippen LogP contribution < -0.4 is 0 Å². The standard InChI is InChI=1S/C9H15N.C2H6/c1-9(2)5-3-8(7-10)4-6-9;1-2/h8H,3-6H2,1-2H3;1-2H3. The molecule has 0 aromatic heterocycles. The van der Waals surface area contributed by atoms with Crippen molar-refractivity contribution in [3.8, 4) is 6.07 Å². The normalized spacial score (nSPS) is 21.9. The molecule has 1 aliphatic carbocycles. The third-order valence-electron chi connectivity index (χ3n) is 2.52. The monoisotopic (exact) mass is 167 g/mol. The molecule has 12 heavy (non-hydrogen) atoms. The van der Waals surface area contributed by atoms with Crippen molar-refractivity contribution in [2.75, 3.05) is 0 Å². The molecule has 1 heteroatoms. The molecule has 1 fully saturated rings. The third kappa shape index (κ3) is 3.76. The van der Waals surface area contributed by atoms with Gasteiger partial charge in [0.05, 0.1) is 6.07 Å². The number of nitrogens with zero attached hydrogens (tertiary/aromatic N) is 1. The molecular weight excluding hydrogens is 146 g/mol. The Labute approximate surface area is 76.8 Å². The molecule has 0 heterocycles. The zero-order chi connectivity index (χ0) is 9.61. The zero-order valence-corrected chi connectivity index (χ0v) is 8.85. The second kappa shape index (κ2) is 5.19. The smallest absolute Gasteiger partial charge is 0.0655 e. The van der Waals surface area contributed by atoms with Gasteiger partial charge in [-0.3, -0.25) is 0 Å². The fourth-order valence-corrected chi connectivity index (χ4v) is 1.53. The summed E-state index contributed by atoms with van der Waals surface area (Å²) in [7, 11) is 0. The Morgan fingerprint density at radius 3 is 1.92 bits per heavy atom. The van der Waals surface area contributed by atoms with Crippen molar-refractivity contribution in [3.63, 3.8) is 0 Å². The van der Waals surface area contributed by atoms with E-state index in [-0.39, 0.29) is 0 Å². The zero-order valence-electron chi connectivity index (χ0n) is 8.85. The highest BCUT2D eigenvalue weighted by Gasteiger charge is 2.26. The highest BCUT2D eigenvalue weighted by molar-refractivity contribution is 4.89. The van der Waals surface area contributed by atoms with Gasteiger partial charge in [0.15, 0.2) is 0 Å². The Balaban J connectivity index is 0.000000561. The molecule has 0 aromatic carbocycles. The highest BCUT2D eigenvalue weighted by Crippen LogP contribution is 2.37. The molecule has 0 aliphatic heterocycles. The predicted octanol–water partition coefficient (Wildman–Crippen LogP) is 3.75. The van der Waals surface area contributed by atoms with Crippen LogP contribution in [0.4, 0.5) is 0 Å². The third-order valence-corrected chi connectivity index (χ3v) is 2.52. The van der Waals surface area contributed by atoms with Gasteiger partial charge >= 0.3 is 0 Å². The van der Waals surface area contributed by atoms with E-state index in [1.807, 2.05) is 13.8 Å². The lowest BCUT2D eigenvalue weighted by Gasteiger charge is -2.31. The van der Waals surface area contributed by atoms with Gasteiger partial charge in [0.1, 0.15) is 0 Å². The Hall–Kier alpha value is -0.510. The summed E-state index contributed by atoms with van der Waals surface area (Å²) in [5.74, 6) is 0.355. The van der Waals surface area contributed by atoms with Gasteiger partial charge in [-0.15, -0.1) is 0 Å². The Kier molecular flexibility index (Phi) is 4.97. The second-order valence-electron chi connectivity index (χ2n) is 4.07. The molecule has 0 spiro atoms. The van der Waals surface area contributed by atoms with E-state index < -0.39 is 0 Å². The molecule has 0 radical (unpaired) electrons. The first kappa shape index (κ1) is 11.5. The van der Waals surface area contributed by atoms with Crippen molar-refractivity contribution >= 4 is 0 Å². The molecule has 1 rings (SSSR count).